The molecule has 1 saturated heterocycles. The first-order chi connectivity index (χ1) is 14.6. The molecule has 0 amide bonds. The Labute approximate surface area is 178 Å². The molecule has 1 N–H and O–H groups in total. The highest BCUT2D eigenvalue weighted by molar-refractivity contribution is 5.91. The molecule has 2 aliphatic heterocycles. The molecule has 0 radical (unpaired) electrons. The van der Waals surface area contributed by atoms with Crippen LogP contribution in [0.5, 0.6) is 5.75 Å². The van der Waals surface area contributed by atoms with Gasteiger partial charge in [0, 0.05) is 35.6 Å². The average molecular weight is 413 g/mol. The fraction of sp³-hybridized carbons (Fsp3) is 0.542. The van der Waals surface area contributed by atoms with Crippen molar-refractivity contribution in [3.8, 4) is 5.75 Å². The van der Waals surface area contributed by atoms with Gasteiger partial charge in [0.2, 0.25) is 0 Å². The molecular formula is C24H32N2O4. The van der Waals surface area contributed by atoms with Gasteiger partial charge in [-0.15, -0.1) is 0 Å². The van der Waals surface area contributed by atoms with E-state index in [-0.39, 0.29) is 17.9 Å². The van der Waals surface area contributed by atoms with Gasteiger partial charge < -0.3 is 19.2 Å². The van der Waals surface area contributed by atoms with Gasteiger partial charge in [0.05, 0.1) is 39.2 Å². The monoisotopic (exact) mass is 412 g/mol. The van der Waals surface area contributed by atoms with Crippen LogP contribution in [0.4, 0.5) is 0 Å². The molecule has 3 atom stereocenters. The molecule has 1 aromatic heterocycles. The van der Waals surface area contributed by atoms with Crippen molar-refractivity contribution in [2.75, 3.05) is 34.4 Å². The maximum absolute atomic E-state index is 12.6. The molecular weight excluding hydrogens is 380 g/mol. The molecule has 0 unspecified atom stereocenters. The van der Waals surface area contributed by atoms with Crippen LogP contribution in [0.3, 0.4) is 0 Å². The zero-order chi connectivity index (χ0) is 21.3. The molecule has 1 aromatic carbocycles. The summed E-state index contributed by atoms with van der Waals surface area (Å²) >= 11 is 0. The quantitative estimate of drug-likeness (QED) is 0.437. The van der Waals surface area contributed by atoms with Gasteiger partial charge in [-0.3, -0.25) is 4.90 Å². The fourth-order valence-electron chi connectivity index (χ4n) is 5.53. The molecule has 6 nitrogen and oxygen atoms in total. The van der Waals surface area contributed by atoms with Gasteiger partial charge in [-0.25, -0.2) is 4.79 Å². The van der Waals surface area contributed by atoms with E-state index in [0.29, 0.717) is 11.5 Å². The number of rotatable bonds is 6. The summed E-state index contributed by atoms with van der Waals surface area (Å²) in [7, 11) is 4.77. The Morgan fingerprint density at radius 3 is 2.83 bits per heavy atom. The Hall–Kier alpha value is -2.47. The molecule has 0 spiro atoms. The highest BCUT2D eigenvalue weighted by Crippen LogP contribution is 2.47. The largest absolute Gasteiger partial charge is 0.504 e. The van der Waals surface area contributed by atoms with Crippen LogP contribution in [0.15, 0.2) is 30.0 Å². The summed E-state index contributed by atoms with van der Waals surface area (Å²) in [6.07, 6.45) is 5.65. The molecule has 0 aliphatic carbocycles. The third-order valence-corrected chi connectivity index (χ3v) is 6.81. The molecule has 4 rings (SSSR count). The number of piperidine rings is 1. The normalized spacial score (nSPS) is 24.3. The van der Waals surface area contributed by atoms with Gasteiger partial charge in [0.25, 0.3) is 0 Å². The minimum absolute atomic E-state index is 0.109. The molecule has 2 aromatic rings. The van der Waals surface area contributed by atoms with Crippen LogP contribution in [0.25, 0.3) is 10.9 Å². The van der Waals surface area contributed by atoms with Crippen LogP contribution in [0.2, 0.25) is 0 Å². The van der Waals surface area contributed by atoms with Gasteiger partial charge in [-0.1, -0.05) is 19.4 Å². The van der Waals surface area contributed by atoms with Crippen molar-refractivity contribution in [3.63, 3.8) is 0 Å². The second-order valence-corrected chi connectivity index (χ2v) is 8.35. The third-order valence-electron chi connectivity index (χ3n) is 6.81. The number of fused-ring (bicyclic) bond motifs is 5. The van der Waals surface area contributed by atoms with E-state index in [1.807, 2.05) is 12.1 Å². The zero-order valence-corrected chi connectivity index (χ0v) is 18.4. The number of nitrogens with one attached hydrogen (secondary N) is 1. The van der Waals surface area contributed by atoms with Crippen molar-refractivity contribution in [2.24, 2.45) is 11.8 Å². The molecule has 0 bridgehead atoms. The van der Waals surface area contributed by atoms with Crippen LogP contribution in [0, 0.1) is 11.8 Å². The first-order valence-electron chi connectivity index (χ1n) is 10.9. The van der Waals surface area contributed by atoms with Crippen molar-refractivity contribution in [1.82, 2.24) is 9.88 Å². The predicted molar refractivity (Wildman–Crippen MR) is 116 cm³/mol. The van der Waals surface area contributed by atoms with E-state index in [1.54, 1.807) is 20.5 Å². The lowest BCUT2D eigenvalue weighted by Crippen LogP contribution is -2.47. The number of ether oxygens (including phenoxy) is 3. The first kappa shape index (κ1) is 20.8. The third kappa shape index (κ3) is 3.47. The molecule has 162 valence electrons. The van der Waals surface area contributed by atoms with Crippen molar-refractivity contribution in [2.45, 2.75) is 38.6 Å². The topological polar surface area (TPSA) is 63.8 Å². The number of aromatic amines is 1. The van der Waals surface area contributed by atoms with E-state index >= 15 is 0 Å². The molecule has 3 heterocycles. The van der Waals surface area contributed by atoms with Crippen molar-refractivity contribution in [3.05, 3.63) is 41.3 Å². The molecule has 0 saturated carbocycles. The lowest BCUT2D eigenvalue weighted by Gasteiger charge is -2.46. The Kier molecular flexibility index (Phi) is 6.04. The van der Waals surface area contributed by atoms with Gasteiger partial charge in [-0.05, 0) is 42.9 Å². The minimum atomic E-state index is -0.286. The maximum Gasteiger partial charge on any atom is 0.337 e. The van der Waals surface area contributed by atoms with Crippen LogP contribution in [-0.2, 0) is 20.7 Å². The second-order valence-electron chi connectivity index (χ2n) is 8.35. The summed E-state index contributed by atoms with van der Waals surface area (Å²) in [6.45, 7) is 4.21. The van der Waals surface area contributed by atoms with Crippen molar-refractivity contribution < 1.29 is 19.0 Å². The average Bonchev–Trinajstić information content (AvgIpc) is 3.16. The number of nitrogens with zero attached hydrogens (tertiary/aromatic N) is 1. The fourth-order valence-corrected chi connectivity index (χ4v) is 5.53. The van der Waals surface area contributed by atoms with Crippen LogP contribution in [-0.4, -0.2) is 50.3 Å². The SMILES string of the molecule is CCC[C@@H]1CN2CCc3c([nH]c4cccc(OC)c34)[C@@H]2C[C@@H]1/C(=C\OC)C(=O)OC. The zero-order valence-electron chi connectivity index (χ0n) is 18.4. The van der Waals surface area contributed by atoms with E-state index in [4.69, 9.17) is 14.2 Å². The summed E-state index contributed by atoms with van der Waals surface area (Å²) in [5, 5.41) is 1.20. The number of benzene rings is 1. The number of esters is 1. The lowest BCUT2D eigenvalue weighted by molar-refractivity contribution is -0.137. The van der Waals surface area contributed by atoms with Crippen LogP contribution < -0.4 is 4.74 Å². The van der Waals surface area contributed by atoms with E-state index in [1.165, 1.54) is 23.8 Å². The van der Waals surface area contributed by atoms with E-state index in [0.717, 1.165) is 50.0 Å². The van der Waals surface area contributed by atoms with E-state index < -0.39 is 0 Å². The van der Waals surface area contributed by atoms with Gasteiger partial charge in [-0.2, -0.15) is 0 Å². The van der Waals surface area contributed by atoms with E-state index in [2.05, 4.69) is 22.9 Å². The number of aromatic nitrogens is 1. The summed E-state index contributed by atoms with van der Waals surface area (Å²) in [5.41, 5.74) is 4.39. The Morgan fingerprint density at radius 2 is 2.13 bits per heavy atom. The number of H-pyrrole nitrogens is 1. The highest BCUT2D eigenvalue weighted by atomic mass is 16.5. The van der Waals surface area contributed by atoms with Crippen LogP contribution >= 0.6 is 0 Å². The van der Waals surface area contributed by atoms with Crippen molar-refractivity contribution in [1.29, 1.82) is 0 Å². The maximum atomic E-state index is 12.6. The molecule has 2 aliphatic rings. The number of carbonyl (C=O) groups excluding carboxylic acids is 1. The minimum Gasteiger partial charge on any atom is -0.504 e. The van der Waals surface area contributed by atoms with Gasteiger partial charge in [0.1, 0.15) is 5.75 Å². The van der Waals surface area contributed by atoms with E-state index in [9.17, 15) is 4.79 Å². The van der Waals surface area contributed by atoms with Gasteiger partial charge in [0.15, 0.2) is 0 Å². The molecule has 6 heteroatoms. The summed E-state index contributed by atoms with van der Waals surface area (Å²) in [6, 6.07) is 6.42. The lowest BCUT2D eigenvalue weighted by atomic mass is 9.73. The predicted octanol–water partition coefficient (Wildman–Crippen LogP) is 4.22. The number of carbonyl (C=O) groups is 1. The molecule has 1 fully saturated rings. The summed E-state index contributed by atoms with van der Waals surface area (Å²) < 4.78 is 16.0. The Balaban J connectivity index is 1.75. The first-order valence-corrected chi connectivity index (χ1v) is 10.9. The Morgan fingerprint density at radius 1 is 1.30 bits per heavy atom. The smallest absolute Gasteiger partial charge is 0.337 e. The number of methoxy groups -OCH3 is 3. The second kappa shape index (κ2) is 8.72. The van der Waals surface area contributed by atoms with Crippen LogP contribution in [0.1, 0.15) is 43.5 Å². The number of hydrogen-bond donors (Lipinski definition) is 1. The van der Waals surface area contributed by atoms with Crippen molar-refractivity contribution >= 4 is 16.9 Å². The standard InChI is InChI=1S/C24H32N2O4/c1-5-7-15-13-26-11-10-16-22-19(8-6-9-21(22)29-3)25-23(16)20(26)12-17(15)18(14-28-2)24(27)30-4/h6,8-9,14-15,17,20,25H,5,7,10-13H2,1-4H3/b18-14+/t15-,17+,20+/m1/s1. The summed E-state index contributed by atoms with van der Waals surface area (Å²) in [4.78, 5) is 18.8. The summed E-state index contributed by atoms with van der Waals surface area (Å²) in [5.74, 6) is 1.15. The highest BCUT2D eigenvalue weighted by Gasteiger charge is 2.43. The number of hydrogen-bond acceptors (Lipinski definition) is 5. The van der Waals surface area contributed by atoms with Gasteiger partial charge >= 0.3 is 5.97 Å². The molecule has 30 heavy (non-hydrogen) atoms. The Bertz CT molecular complexity index is 948.